The van der Waals surface area contributed by atoms with Crippen LogP contribution in [0.15, 0.2) is 30.5 Å². The van der Waals surface area contributed by atoms with Crippen molar-refractivity contribution in [3.63, 3.8) is 0 Å². The first kappa shape index (κ1) is 18.0. The summed E-state index contributed by atoms with van der Waals surface area (Å²) in [6, 6.07) is 8.58. The maximum Gasteiger partial charge on any atom is 0.256 e. The van der Waals surface area contributed by atoms with Gasteiger partial charge in [0.05, 0.1) is 12.2 Å². The summed E-state index contributed by atoms with van der Waals surface area (Å²) in [4.78, 5) is 17.5. The molecule has 2 aromatic rings. The fraction of sp³-hybridized carbons (Fsp3) is 0.550. The molecule has 1 aliphatic rings. The molecule has 0 radical (unpaired) electrons. The van der Waals surface area contributed by atoms with Crippen LogP contribution in [0.2, 0.25) is 0 Å². The number of likely N-dealkylation sites (tertiary alicyclic amines) is 1. The van der Waals surface area contributed by atoms with E-state index in [4.69, 9.17) is 4.74 Å². The van der Waals surface area contributed by atoms with Gasteiger partial charge in [-0.05, 0) is 26.1 Å². The number of likely N-dealkylation sites (N-methyl/N-ethyl adjacent to an activating group) is 1. The van der Waals surface area contributed by atoms with Gasteiger partial charge in [0.1, 0.15) is 0 Å². The molecule has 136 valence electrons. The molecule has 2 heterocycles. The van der Waals surface area contributed by atoms with Gasteiger partial charge < -0.3 is 19.1 Å². The van der Waals surface area contributed by atoms with Crippen LogP contribution in [0.3, 0.4) is 0 Å². The number of amides is 1. The minimum Gasteiger partial charge on any atom is -0.383 e. The maximum atomic E-state index is 13.2. The number of fused-ring (bicyclic) bond motifs is 1. The Kier molecular flexibility index (Phi) is 5.45. The van der Waals surface area contributed by atoms with Crippen LogP contribution >= 0.6 is 0 Å². The van der Waals surface area contributed by atoms with Gasteiger partial charge in [-0.25, -0.2) is 0 Å². The molecular weight excluding hydrogens is 314 g/mol. The second-order valence-electron chi connectivity index (χ2n) is 7.16. The van der Waals surface area contributed by atoms with E-state index in [0.717, 1.165) is 42.5 Å². The van der Waals surface area contributed by atoms with Crippen LogP contribution < -0.4 is 0 Å². The molecule has 1 saturated heterocycles. The molecule has 0 bridgehead atoms. The van der Waals surface area contributed by atoms with Crippen molar-refractivity contribution in [3.05, 3.63) is 36.0 Å². The lowest BCUT2D eigenvalue weighted by Crippen LogP contribution is -2.36. The molecule has 0 saturated carbocycles. The number of rotatable bonds is 6. The quantitative estimate of drug-likeness (QED) is 0.809. The molecule has 1 aromatic heterocycles. The van der Waals surface area contributed by atoms with Crippen molar-refractivity contribution in [2.45, 2.75) is 25.9 Å². The van der Waals surface area contributed by atoms with Crippen LogP contribution in [0.5, 0.6) is 0 Å². The van der Waals surface area contributed by atoms with Crippen LogP contribution in [-0.4, -0.2) is 67.2 Å². The smallest absolute Gasteiger partial charge is 0.256 e. The summed E-state index contributed by atoms with van der Waals surface area (Å²) < 4.78 is 7.34. The number of carbonyl (C=O) groups excluding carboxylic acids is 1. The van der Waals surface area contributed by atoms with E-state index in [1.165, 1.54) is 0 Å². The van der Waals surface area contributed by atoms with Crippen molar-refractivity contribution >= 4 is 16.8 Å². The Balaban J connectivity index is 1.90. The zero-order chi connectivity index (χ0) is 18.0. The lowest BCUT2D eigenvalue weighted by atomic mass is 10.0. The molecule has 0 spiro atoms. The van der Waals surface area contributed by atoms with Gasteiger partial charge in [0.2, 0.25) is 0 Å². The Labute approximate surface area is 150 Å². The normalized spacial score (nSPS) is 20.8. The van der Waals surface area contributed by atoms with E-state index in [-0.39, 0.29) is 5.91 Å². The Morgan fingerprint density at radius 3 is 2.68 bits per heavy atom. The van der Waals surface area contributed by atoms with E-state index in [9.17, 15) is 4.79 Å². The molecule has 2 atom stereocenters. The highest BCUT2D eigenvalue weighted by molar-refractivity contribution is 6.07. The molecule has 1 fully saturated rings. The third-order valence-corrected chi connectivity index (χ3v) is 5.44. The standard InChI is InChI=1S/C20H29N3O2/c1-5-15-12-23(14-19(15)21(2)3)20(24)17-13-22(10-11-25-4)18-9-7-6-8-16(17)18/h6-9,13,15,19H,5,10-12,14H2,1-4H3/t15-,19+/m0/s1. The Bertz CT molecular complexity index is 738. The summed E-state index contributed by atoms with van der Waals surface area (Å²) in [6.45, 7) is 5.25. The second-order valence-corrected chi connectivity index (χ2v) is 7.16. The van der Waals surface area contributed by atoms with E-state index in [0.29, 0.717) is 18.6 Å². The SMILES string of the molecule is CC[C@H]1CN(C(=O)c2cn(CCOC)c3ccccc23)C[C@H]1N(C)C. The number of para-hydroxylation sites is 1. The first-order chi connectivity index (χ1) is 12.1. The molecule has 0 unspecified atom stereocenters. The van der Waals surface area contributed by atoms with Gasteiger partial charge >= 0.3 is 0 Å². The largest absolute Gasteiger partial charge is 0.383 e. The molecule has 1 aromatic carbocycles. The molecule has 5 nitrogen and oxygen atoms in total. The highest BCUT2D eigenvalue weighted by Gasteiger charge is 2.36. The third kappa shape index (κ3) is 3.44. The molecule has 1 aliphatic heterocycles. The summed E-state index contributed by atoms with van der Waals surface area (Å²) in [5, 5.41) is 1.03. The van der Waals surface area contributed by atoms with Crippen LogP contribution in [0.4, 0.5) is 0 Å². The predicted octanol–water partition coefficient (Wildman–Crippen LogP) is 2.70. The molecule has 25 heavy (non-hydrogen) atoms. The average Bonchev–Trinajstić information content (AvgIpc) is 3.21. The van der Waals surface area contributed by atoms with Crippen LogP contribution in [0.25, 0.3) is 10.9 Å². The number of benzene rings is 1. The molecule has 1 amide bonds. The van der Waals surface area contributed by atoms with Gasteiger partial charge in [-0.2, -0.15) is 0 Å². The lowest BCUT2D eigenvalue weighted by Gasteiger charge is -2.23. The van der Waals surface area contributed by atoms with Crippen molar-refractivity contribution in [1.29, 1.82) is 0 Å². The van der Waals surface area contributed by atoms with Crippen molar-refractivity contribution in [3.8, 4) is 0 Å². The molecular formula is C20H29N3O2. The number of hydrogen-bond acceptors (Lipinski definition) is 3. The number of methoxy groups -OCH3 is 1. The average molecular weight is 343 g/mol. The fourth-order valence-corrected chi connectivity index (χ4v) is 3.97. The summed E-state index contributed by atoms with van der Waals surface area (Å²) in [6.07, 6.45) is 3.10. The number of nitrogens with zero attached hydrogens (tertiary/aromatic N) is 3. The topological polar surface area (TPSA) is 37.7 Å². The summed E-state index contributed by atoms with van der Waals surface area (Å²) in [7, 11) is 5.92. The maximum absolute atomic E-state index is 13.2. The van der Waals surface area contributed by atoms with Crippen LogP contribution in [0.1, 0.15) is 23.7 Å². The van der Waals surface area contributed by atoms with Gasteiger partial charge in [0.25, 0.3) is 5.91 Å². The zero-order valence-electron chi connectivity index (χ0n) is 15.7. The minimum absolute atomic E-state index is 0.148. The van der Waals surface area contributed by atoms with Gasteiger partial charge in [-0.15, -0.1) is 0 Å². The van der Waals surface area contributed by atoms with Crippen LogP contribution in [-0.2, 0) is 11.3 Å². The van der Waals surface area contributed by atoms with Crippen molar-refractivity contribution < 1.29 is 9.53 Å². The first-order valence-corrected chi connectivity index (χ1v) is 9.09. The van der Waals surface area contributed by atoms with E-state index in [2.05, 4.69) is 36.6 Å². The van der Waals surface area contributed by atoms with E-state index in [1.54, 1.807) is 7.11 Å². The Hall–Kier alpha value is -1.85. The van der Waals surface area contributed by atoms with Crippen molar-refractivity contribution in [2.24, 2.45) is 5.92 Å². The third-order valence-electron chi connectivity index (χ3n) is 5.44. The van der Waals surface area contributed by atoms with Crippen LogP contribution in [0, 0.1) is 5.92 Å². The molecule has 5 heteroatoms. The minimum atomic E-state index is 0.148. The number of hydrogen-bond donors (Lipinski definition) is 0. The summed E-state index contributed by atoms with van der Waals surface area (Å²) >= 11 is 0. The Morgan fingerprint density at radius 2 is 2.04 bits per heavy atom. The van der Waals surface area contributed by atoms with Gasteiger partial charge in [0, 0.05) is 49.9 Å². The second kappa shape index (κ2) is 7.58. The van der Waals surface area contributed by atoms with Crippen molar-refractivity contribution in [2.75, 3.05) is 40.9 Å². The molecule has 0 N–H and O–H groups in total. The molecule has 3 rings (SSSR count). The van der Waals surface area contributed by atoms with Gasteiger partial charge in [0.15, 0.2) is 0 Å². The highest BCUT2D eigenvalue weighted by atomic mass is 16.5. The lowest BCUT2D eigenvalue weighted by molar-refractivity contribution is 0.0782. The van der Waals surface area contributed by atoms with E-state index >= 15 is 0 Å². The van der Waals surface area contributed by atoms with E-state index in [1.807, 2.05) is 29.3 Å². The number of aromatic nitrogens is 1. The predicted molar refractivity (Wildman–Crippen MR) is 101 cm³/mol. The van der Waals surface area contributed by atoms with Crippen molar-refractivity contribution in [1.82, 2.24) is 14.4 Å². The number of carbonyl (C=O) groups is 1. The fourth-order valence-electron chi connectivity index (χ4n) is 3.97. The zero-order valence-corrected chi connectivity index (χ0v) is 15.7. The molecule has 0 aliphatic carbocycles. The monoisotopic (exact) mass is 343 g/mol. The number of ether oxygens (including phenoxy) is 1. The summed E-state index contributed by atoms with van der Waals surface area (Å²) in [5.41, 5.74) is 1.90. The van der Waals surface area contributed by atoms with Gasteiger partial charge in [-0.3, -0.25) is 4.79 Å². The highest BCUT2D eigenvalue weighted by Crippen LogP contribution is 2.28. The van der Waals surface area contributed by atoms with E-state index < -0.39 is 0 Å². The van der Waals surface area contributed by atoms with Gasteiger partial charge in [-0.1, -0.05) is 31.5 Å². The summed E-state index contributed by atoms with van der Waals surface area (Å²) in [5.74, 6) is 0.691. The first-order valence-electron chi connectivity index (χ1n) is 9.09. The Morgan fingerprint density at radius 1 is 1.28 bits per heavy atom.